The van der Waals surface area contributed by atoms with Gasteiger partial charge in [0.2, 0.25) is 0 Å². The van der Waals surface area contributed by atoms with Gasteiger partial charge in [0.1, 0.15) is 5.75 Å². The topological polar surface area (TPSA) is 35.9 Å². The number of aliphatic hydroxyl groups is 1. The lowest BCUT2D eigenvalue weighted by Gasteiger charge is -2.39. The highest BCUT2D eigenvalue weighted by molar-refractivity contribution is 5.88. The van der Waals surface area contributed by atoms with E-state index in [-0.39, 0.29) is 12.3 Å². The monoisotopic (exact) mass is 300 g/mol. The summed E-state index contributed by atoms with van der Waals surface area (Å²) in [6.45, 7) is 5.26. The van der Waals surface area contributed by atoms with Gasteiger partial charge in [0.15, 0.2) is 6.23 Å². The van der Waals surface area contributed by atoms with E-state index in [1.807, 2.05) is 31.2 Å². The van der Waals surface area contributed by atoms with Crippen LogP contribution in [0, 0.1) is 0 Å². The van der Waals surface area contributed by atoms with E-state index in [1.54, 1.807) is 0 Å². The van der Waals surface area contributed by atoms with Crippen LogP contribution in [0.3, 0.4) is 0 Å². The molecule has 22 heavy (non-hydrogen) atoms. The summed E-state index contributed by atoms with van der Waals surface area (Å²) in [5, 5.41) is 11.9. The maximum absolute atomic E-state index is 9.59. The Kier molecular flexibility index (Phi) is 4.62. The largest absolute Gasteiger partial charge is 0.473 e. The second-order valence-corrected chi connectivity index (χ2v) is 6.14. The number of rotatable bonds is 4. The van der Waals surface area contributed by atoms with Crippen molar-refractivity contribution in [2.45, 2.75) is 19.3 Å². The lowest BCUT2D eigenvalue weighted by Crippen LogP contribution is -2.55. The van der Waals surface area contributed by atoms with Crippen molar-refractivity contribution in [3.8, 4) is 5.75 Å². The Morgan fingerprint density at radius 3 is 2.77 bits per heavy atom. The molecule has 0 saturated carbocycles. The van der Waals surface area contributed by atoms with Crippen LogP contribution in [0.2, 0.25) is 0 Å². The first-order valence-corrected chi connectivity index (χ1v) is 7.88. The van der Waals surface area contributed by atoms with Gasteiger partial charge in [0, 0.05) is 31.6 Å². The Bertz CT molecular complexity index is 624. The average Bonchev–Trinajstić information content (AvgIpc) is 2.50. The molecule has 1 fully saturated rings. The molecule has 4 nitrogen and oxygen atoms in total. The molecule has 2 atom stereocenters. The number of piperazine rings is 1. The van der Waals surface area contributed by atoms with Gasteiger partial charge in [-0.15, -0.1) is 0 Å². The fourth-order valence-corrected chi connectivity index (χ4v) is 3.01. The summed E-state index contributed by atoms with van der Waals surface area (Å²) in [5.74, 6) is 0.925. The number of fused-ring (bicyclic) bond motifs is 1. The van der Waals surface area contributed by atoms with Gasteiger partial charge in [-0.25, -0.2) is 0 Å². The quantitative estimate of drug-likeness (QED) is 0.939. The minimum atomic E-state index is -0.304. The van der Waals surface area contributed by atoms with Gasteiger partial charge < -0.3 is 9.84 Å². The molecule has 1 aliphatic heterocycles. The number of aliphatic hydroxyl groups excluding tert-OH is 1. The third-order valence-corrected chi connectivity index (χ3v) is 4.21. The van der Waals surface area contributed by atoms with E-state index in [0.717, 1.165) is 30.8 Å². The summed E-state index contributed by atoms with van der Waals surface area (Å²) < 4.78 is 6.30. The fraction of sp³-hybridized carbons (Fsp3) is 0.444. The number of likely N-dealkylation sites (N-methyl/N-ethyl adjacent to an activating group) is 1. The van der Waals surface area contributed by atoms with E-state index >= 15 is 0 Å². The van der Waals surface area contributed by atoms with E-state index in [0.29, 0.717) is 6.54 Å². The van der Waals surface area contributed by atoms with Crippen LogP contribution in [0.25, 0.3) is 10.8 Å². The Hall–Kier alpha value is -1.62. The molecule has 1 saturated heterocycles. The van der Waals surface area contributed by atoms with Gasteiger partial charge in [-0.05, 0) is 25.4 Å². The lowest BCUT2D eigenvalue weighted by molar-refractivity contribution is -0.0327. The highest BCUT2D eigenvalue weighted by Gasteiger charge is 2.26. The van der Waals surface area contributed by atoms with Gasteiger partial charge in [0.05, 0.1) is 6.10 Å². The maximum Gasteiger partial charge on any atom is 0.165 e. The van der Waals surface area contributed by atoms with E-state index in [4.69, 9.17) is 4.74 Å². The molecule has 0 radical (unpaired) electrons. The smallest absolute Gasteiger partial charge is 0.165 e. The maximum atomic E-state index is 9.59. The van der Waals surface area contributed by atoms with Gasteiger partial charge in [0.25, 0.3) is 0 Å². The number of hydrogen-bond acceptors (Lipinski definition) is 4. The van der Waals surface area contributed by atoms with Crippen LogP contribution in [0.1, 0.15) is 6.92 Å². The zero-order valence-electron chi connectivity index (χ0n) is 13.3. The zero-order chi connectivity index (χ0) is 15.5. The molecule has 4 heteroatoms. The summed E-state index contributed by atoms with van der Waals surface area (Å²) in [5.41, 5.74) is 0. The van der Waals surface area contributed by atoms with E-state index < -0.39 is 0 Å². The number of hydrogen-bond donors (Lipinski definition) is 1. The summed E-state index contributed by atoms with van der Waals surface area (Å²) >= 11 is 0. The van der Waals surface area contributed by atoms with Crippen molar-refractivity contribution in [2.24, 2.45) is 0 Å². The van der Waals surface area contributed by atoms with Crippen LogP contribution in [-0.2, 0) is 0 Å². The fourth-order valence-electron chi connectivity index (χ4n) is 3.01. The molecule has 2 unspecified atom stereocenters. The third-order valence-electron chi connectivity index (χ3n) is 4.21. The second-order valence-electron chi connectivity index (χ2n) is 6.14. The average molecular weight is 300 g/mol. The Labute approximate surface area is 131 Å². The molecule has 0 aliphatic carbocycles. The van der Waals surface area contributed by atoms with Crippen molar-refractivity contribution in [3.63, 3.8) is 0 Å². The van der Waals surface area contributed by atoms with Crippen molar-refractivity contribution < 1.29 is 9.84 Å². The number of β-amino-alcohol motifs (C(OH)–C–C–N with tert-alkyl or cyclic N) is 1. The zero-order valence-corrected chi connectivity index (χ0v) is 13.3. The Morgan fingerprint density at radius 1 is 1.18 bits per heavy atom. The molecule has 1 aliphatic rings. The van der Waals surface area contributed by atoms with Crippen LogP contribution >= 0.6 is 0 Å². The normalized spacial score (nSPS) is 21.9. The van der Waals surface area contributed by atoms with Crippen molar-refractivity contribution in [1.82, 2.24) is 9.80 Å². The van der Waals surface area contributed by atoms with E-state index in [2.05, 4.69) is 35.0 Å². The predicted octanol–water partition coefficient (Wildman–Crippen LogP) is 2.17. The molecule has 3 rings (SSSR count). The van der Waals surface area contributed by atoms with E-state index in [9.17, 15) is 5.11 Å². The van der Waals surface area contributed by atoms with Crippen LogP contribution in [0.15, 0.2) is 42.5 Å². The molecular weight excluding hydrogens is 276 g/mol. The molecule has 0 aromatic heterocycles. The molecule has 1 N–H and O–H groups in total. The van der Waals surface area contributed by atoms with Crippen LogP contribution in [0.4, 0.5) is 0 Å². The Balaban J connectivity index is 1.78. The van der Waals surface area contributed by atoms with Gasteiger partial charge in [-0.2, -0.15) is 0 Å². The van der Waals surface area contributed by atoms with Crippen LogP contribution < -0.4 is 4.74 Å². The van der Waals surface area contributed by atoms with E-state index in [1.165, 1.54) is 5.39 Å². The highest BCUT2D eigenvalue weighted by Crippen LogP contribution is 2.27. The summed E-state index contributed by atoms with van der Waals surface area (Å²) in [4.78, 5) is 4.50. The number of benzene rings is 2. The van der Waals surface area contributed by atoms with Crippen molar-refractivity contribution in [3.05, 3.63) is 42.5 Å². The lowest BCUT2D eigenvalue weighted by atomic mass is 10.1. The first-order chi connectivity index (χ1) is 10.6. The molecule has 0 bridgehead atoms. The third kappa shape index (κ3) is 3.40. The molecule has 1 heterocycles. The first kappa shape index (κ1) is 15.3. The molecule has 2 aromatic carbocycles. The predicted molar refractivity (Wildman–Crippen MR) is 89.1 cm³/mol. The van der Waals surface area contributed by atoms with Crippen molar-refractivity contribution in [1.29, 1.82) is 0 Å². The van der Waals surface area contributed by atoms with Crippen molar-refractivity contribution in [2.75, 3.05) is 33.2 Å². The standard InChI is InChI=1S/C18H24N2O2/c1-14(21)12-20-11-10-19(2)18(13-20)22-17-9-5-7-15-6-3-4-8-16(15)17/h3-9,14,18,21H,10-13H2,1-2H3. The highest BCUT2D eigenvalue weighted by atomic mass is 16.5. The second kappa shape index (κ2) is 6.65. The summed E-state index contributed by atoms with van der Waals surface area (Å²) in [7, 11) is 2.09. The van der Waals surface area contributed by atoms with Crippen molar-refractivity contribution >= 4 is 10.8 Å². The molecule has 0 spiro atoms. The first-order valence-electron chi connectivity index (χ1n) is 7.88. The number of nitrogens with zero attached hydrogens (tertiary/aromatic N) is 2. The Morgan fingerprint density at radius 2 is 1.95 bits per heavy atom. The molecule has 118 valence electrons. The van der Waals surface area contributed by atoms with Gasteiger partial charge in [-0.1, -0.05) is 36.4 Å². The van der Waals surface area contributed by atoms with Crippen LogP contribution in [0.5, 0.6) is 5.75 Å². The summed E-state index contributed by atoms with van der Waals surface area (Å²) in [6, 6.07) is 14.5. The molecule has 2 aromatic rings. The summed E-state index contributed by atoms with van der Waals surface area (Å²) in [6.07, 6.45) is -0.292. The molecule has 0 amide bonds. The van der Waals surface area contributed by atoms with Gasteiger partial charge in [-0.3, -0.25) is 9.80 Å². The SMILES string of the molecule is CC(O)CN1CCN(C)C(Oc2cccc3ccccc23)C1. The minimum absolute atomic E-state index is 0.0123. The minimum Gasteiger partial charge on any atom is -0.473 e. The number of ether oxygens (including phenoxy) is 1. The van der Waals surface area contributed by atoms with Gasteiger partial charge >= 0.3 is 0 Å². The van der Waals surface area contributed by atoms with Crippen LogP contribution in [-0.4, -0.2) is 60.5 Å². The molecular formula is C18H24N2O2.